The predicted octanol–water partition coefficient (Wildman–Crippen LogP) is 15.8. The number of carbonyl (C=O) groups excluding carboxylic acids is 1. The van der Waals surface area contributed by atoms with E-state index in [4.69, 9.17) is 9.05 Å². The van der Waals surface area contributed by atoms with Crippen molar-refractivity contribution < 1.29 is 32.9 Å². The van der Waals surface area contributed by atoms with Crippen molar-refractivity contribution in [1.29, 1.82) is 0 Å². The Labute approximate surface area is 391 Å². The number of nitrogens with one attached hydrogen (secondary N) is 1. The monoisotopic (exact) mass is 910 g/mol. The molecule has 0 bridgehead atoms. The summed E-state index contributed by atoms with van der Waals surface area (Å²) in [6.45, 7) is 4.79. The third kappa shape index (κ3) is 48.5. The second-order valence-corrected chi connectivity index (χ2v) is 21.0. The van der Waals surface area contributed by atoms with Crippen LogP contribution in [0.15, 0.2) is 36.5 Å². The normalized spacial score (nSPS) is 14.3. The van der Waals surface area contributed by atoms with E-state index in [0.717, 1.165) is 38.5 Å². The topological polar surface area (TPSA) is 105 Å². The first kappa shape index (κ1) is 61.7. The van der Waals surface area contributed by atoms with Crippen molar-refractivity contribution in [3.8, 4) is 0 Å². The summed E-state index contributed by atoms with van der Waals surface area (Å²) in [4.78, 5) is 23.2. The molecule has 0 radical (unpaired) electrons. The van der Waals surface area contributed by atoms with Crippen LogP contribution in [0.1, 0.15) is 251 Å². The molecule has 0 aliphatic heterocycles. The van der Waals surface area contributed by atoms with Crippen molar-refractivity contribution in [3.63, 3.8) is 0 Å². The highest BCUT2D eigenvalue weighted by molar-refractivity contribution is 7.47. The summed E-state index contributed by atoms with van der Waals surface area (Å²) in [5.74, 6) is -0.186. The van der Waals surface area contributed by atoms with Crippen LogP contribution in [-0.4, -0.2) is 73.4 Å². The number of hydrogen-bond donors (Lipinski definition) is 3. The maximum atomic E-state index is 12.9. The van der Waals surface area contributed by atoms with Crippen LogP contribution in [0.4, 0.5) is 0 Å². The fraction of sp³-hybridized carbons (Fsp3) is 0.870. The third-order valence-corrected chi connectivity index (χ3v) is 13.1. The summed E-state index contributed by atoms with van der Waals surface area (Å²) in [6.07, 6.45) is 58.2. The van der Waals surface area contributed by atoms with Crippen LogP contribution in [-0.2, 0) is 18.4 Å². The van der Waals surface area contributed by atoms with Gasteiger partial charge in [0.15, 0.2) is 0 Å². The number of phosphoric ester groups is 1. The van der Waals surface area contributed by atoms with Crippen LogP contribution in [0.25, 0.3) is 0 Å². The van der Waals surface area contributed by atoms with E-state index in [1.54, 1.807) is 6.08 Å². The first-order chi connectivity index (χ1) is 30.5. The molecular formula is C54H106N2O6P+. The highest BCUT2D eigenvalue weighted by Gasteiger charge is 2.27. The summed E-state index contributed by atoms with van der Waals surface area (Å²) in [5.41, 5.74) is 0. The van der Waals surface area contributed by atoms with Gasteiger partial charge in [-0.25, -0.2) is 4.57 Å². The molecule has 372 valence electrons. The molecule has 3 atom stereocenters. The summed E-state index contributed by atoms with van der Waals surface area (Å²) in [6, 6.07) is -0.861. The Morgan fingerprint density at radius 2 is 0.873 bits per heavy atom. The molecule has 1 amide bonds. The van der Waals surface area contributed by atoms with Crippen LogP contribution in [0.3, 0.4) is 0 Å². The fourth-order valence-corrected chi connectivity index (χ4v) is 8.55. The molecule has 0 spiro atoms. The van der Waals surface area contributed by atoms with Crippen LogP contribution >= 0.6 is 7.82 Å². The molecule has 0 saturated heterocycles. The van der Waals surface area contributed by atoms with Gasteiger partial charge in [-0.2, -0.15) is 0 Å². The lowest BCUT2D eigenvalue weighted by Crippen LogP contribution is -2.45. The van der Waals surface area contributed by atoms with Crippen LogP contribution in [0, 0.1) is 0 Å². The summed E-state index contributed by atoms with van der Waals surface area (Å²) < 4.78 is 23.6. The number of rotatable bonds is 49. The van der Waals surface area contributed by atoms with Gasteiger partial charge in [-0.15, -0.1) is 0 Å². The van der Waals surface area contributed by atoms with Gasteiger partial charge < -0.3 is 19.8 Å². The number of amides is 1. The molecule has 0 aliphatic rings. The molecule has 3 N–H and O–H groups in total. The number of carbonyl (C=O) groups is 1. The molecule has 0 saturated carbocycles. The van der Waals surface area contributed by atoms with Crippen molar-refractivity contribution in [3.05, 3.63) is 36.5 Å². The zero-order valence-corrected chi connectivity index (χ0v) is 43.2. The predicted molar refractivity (Wildman–Crippen MR) is 272 cm³/mol. The second kappa shape index (κ2) is 45.9. The van der Waals surface area contributed by atoms with Gasteiger partial charge >= 0.3 is 7.82 Å². The number of quaternary nitrogens is 1. The molecule has 0 aliphatic carbocycles. The Morgan fingerprint density at radius 1 is 0.524 bits per heavy atom. The number of allylic oxidation sites excluding steroid dienone is 5. The van der Waals surface area contributed by atoms with Crippen molar-refractivity contribution >= 4 is 13.7 Å². The van der Waals surface area contributed by atoms with E-state index in [0.29, 0.717) is 17.4 Å². The Kier molecular flexibility index (Phi) is 44.9. The SMILES string of the molecule is CCCCCCCC/C=C/CC/C=C/C(O)C(COP(=O)(O)OCC[N+](C)(C)C)NC(=O)CCCCCCCCCCCCCCC/C=C\CCCCCCCCCCCCCC. The van der Waals surface area contributed by atoms with Gasteiger partial charge in [0.2, 0.25) is 5.91 Å². The van der Waals surface area contributed by atoms with Gasteiger partial charge in [0.25, 0.3) is 0 Å². The quantitative estimate of drug-likeness (QED) is 0.0243. The van der Waals surface area contributed by atoms with Gasteiger partial charge in [0.05, 0.1) is 39.9 Å². The van der Waals surface area contributed by atoms with Crippen molar-refractivity contribution in [2.75, 3.05) is 40.9 Å². The summed E-state index contributed by atoms with van der Waals surface area (Å²) >= 11 is 0. The molecule has 0 rings (SSSR count). The molecule has 9 heteroatoms. The third-order valence-electron chi connectivity index (χ3n) is 12.1. The minimum absolute atomic E-state index is 0.0567. The minimum atomic E-state index is -4.35. The number of phosphoric acid groups is 1. The minimum Gasteiger partial charge on any atom is -0.387 e. The van der Waals surface area contributed by atoms with Gasteiger partial charge in [-0.05, 0) is 57.8 Å². The van der Waals surface area contributed by atoms with Gasteiger partial charge in [-0.3, -0.25) is 13.8 Å². The lowest BCUT2D eigenvalue weighted by molar-refractivity contribution is -0.870. The Balaban J connectivity index is 4.09. The number of aliphatic hydroxyl groups is 1. The van der Waals surface area contributed by atoms with Crippen LogP contribution < -0.4 is 5.32 Å². The molecule has 3 unspecified atom stereocenters. The van der Waals surface area contributed by atoms with E-state index in [2.05, 4.69) is 43.5 Å². The number of unbranched alkanes of at least 4 members (excludes halogenated alkanes) is 32. The molecule has 63 heavy (non-hydrogen) atoms. The maximum absolute atomic E-state index is 12.9. The zero-order chi connectivity index (χ0) is 46.4. The standard InChI is InChI=1S/C54H105N2O6P/c1-6-8-10-12-14-16-18-20-21-22-23-24-25-26-27-28-29-30-31-32-33-34-35-36-38-40-42-44-46-48-54(58)55-52(51-62-63(59,60)61-50-49-56(3,4)5)53(57)47-45-43-41-39-37-19-17-15-13-11-9-7-2/h26-27,37,39,45,47,52-53,57H,6-25,28-36,38,40-44,46,48-51H2,1-5H3,(H-,55,58,59,60)/p+1/b27-26-,39-37+,47-45+. The van der Waals surface area contributed by atoms with Gasteiger partial charge in [-0.1, -0.05) is 224 Å². The van der Waals surface area contributed by atoms with E-state index < -0.39 is 20.0 Å². The first-order valence-corrected chi connectivity index (χ1v) is 28.4. The van der Waals surface area contributed by atoms with E-state index >= 15 is 0 Å². The molecule has 0 fully saturated rings. The van der Waals surface area contributed by atoms with Crippen molar-refractivity contribution in [2.24, 2.45) is 0 Å². The maximum Gasteiger partial charge on any atom is 0.472 e. The smallest absolute Gasteiger partial charge is 0.387 e. The Hall–Kier alpha value is -1.28. The van der Waals surface area contributed by atoms with Crippen LogP contribution in [0.5, 0.6) is 0 Å². The number of likely N-dealkylation sites (N-methyl/N-ethyl adjacent to an activating group) is 1. The Morgan fingerprint density at radius 3 is 1.27 bits per heavy atom. The van der Waals surface area contributed by atoms with E-state index in [9.17, 15) is 19.4 Å². The number of nitrogens with zero attached hydrogens (tertiary/aromatic N) is 1. The Bertz CT molecular complexity index is 1120. The van der Waals surface area contributed by atoms with E-state index in [1.165, 1.54) is 193 Å². The lowest BCUT2D eigenvalue weighted by atomic mass is 10.0. The second-order valence-electron chi connectivity index (χ2n) is 19.6. The van der Waals surface area contributed by atoms with Crippen molar-refractivity contribution in [2.45, 2.75) is 264 Å². The first-order valence-electron chi connectivity index (χ1n) is 26.9. The molecule has 0 aromatic heterocycles. The van der Waals surface area contributed by atoms with E-state index in [1.807, 2.05) is 27.2 Å². The lowest BCUT2D eigenvalue weighted by Gasteiger charge is -2.25. The summed E-state index contributed by atoms with van der Waals surface area (Å²) in [7, 11) is 1.56. The molecule has 0 heterocycles. The molecular weight excluding hydrogens is 804 g/mol. The van der Waals surface area contributed by atoms with Crippen molar-refractivity contribution in [1.82, 2.24) is 5.32 Å². The largest absolute Gasteiger partial charge is 0.472 e. The fourth-order valence-electron chi connectivity index (χ4n) is 7.82. The summed E-state index contributed by atoms with van der Waals surface area (Å²) in [5, 5.41) is 13.8. The highest BCUT2D eigenvalue weighted by Crippen LogP contribution is 2.43. The zero-order valence-electron chi connectivity index (χ0n) is 42.3. The molecule has 8 nitrogen and oxygen atoms in total. The number of hydrogen-bond acceptors (Lipinski definition) is 5. The van der Waals surface area contributed by atoms with Gasteiger partial charge in [0, 0.05) is 6.42 Å². The molecule has 0 aromatic carbocycles. The molecule has 0 aromatic rings. The van der Waals surface area contributed by atoms with E-state index in [-0.39, 0.29) is 19.1 Å². The van der Waals surface area contributed by atoms with Crippen LogP contribution in [0.2, 0.25) is 0 Å². The van der Waals surface area contributed by atoms with Gasteiger partial charge in [0.1, 0.15) is 13.2 Å². The highest BCUT2D eigenvalue weighted by atomic mass is 31.2. The average Bonchev–Trinajstić information content (AvgIpc) is 3.24. The average molecular weight is 910 g/mol. The number of aliphatic hydroxyl groups excluding tert-OH is 1.